The predicted octanol–water partition coefficient (Wildman–Crippen LogP) is 7.08. The van der Waals surface area contributed by atoms with E-state index >= 15 is 0 Å². The summed E-state index contributed by atoms with van der Waals surface area (Å²) in [5.74, 6) is 0. The van der Waals surface area contributed by atoms with Gasteiger partial charge in [0.05, 0.1) is 22.3 Å². The highest BCUT2D eigenvalue weighted by Crippen LogP contribution is 2.46. The lowest BCUT2D eigenvalue weighted by atomic mass is 9.80. The average molecular weight is 467 g/mol. The molecule has 174 valence electrons. The van der Waals surface area contributed by atoms with E-state index in [4.69, 9.17) is 4.98 Å². The third-order valence-electron chi connectivity index (χ3n) is 7.83. The van der Waals surface area contributed by atoms with Gasteiger partial charge in [-0.2, -0.15) is 5.26 Å². The number of benzene rings is 3. The molecular weight excluding hydrogens is 440 g/mol. The van der Waals surface area contributed by atoms with E-state index < -0.39 is 0 Å². The van der Waals surface area contributed by atoms with Crippen molar-refractivity contribution in [3.05, 3.63) is 89.7 Å². The van der Waals surface area contributed by atoms with Gasteiger partial charge in [0.25, 0.3) is 0 Å². The predicted molar refractivity (Wildman–Crippen MR) is 146 cm³/mol. The quantitative estimate of drug-likeness (QED) is 0.261. The molecule has 0 saturated carbocycles. The number of hydrogen-bond donors (Lipinski definition) is 0. The molecule has 3 heterocycles. The van der Waals surface area contributed by atoms with Gasteiger partial charge in [-0.25, -0.2) is 4.98 Å². The zero-order valence-corrected chi connectivity index (χ0v) is 20.2. The lowest BCUT2D eigenvalue weighted by Crippen LogP contribution is -2.30. The van der Waals surface area contributed by atoms with E-state index in [1.807, 2.05) is 12.3 Å². The second-order valence-corrected chi connectivity index (χ2v) is 9.89. The van der Waals surface area contributed by atoms with Crippen molar-refractivity contribution in [3.8, 4) is 28.3 Å². The van der Waals surface area contributed by atoms with Crippen molar-refractivity contribution in [2.24, 2.45) is 0 Å². The molecule has 36 heavy (non-hydrogen) atoms. The van der Waals surface area contributed by atoms with Crippen LogP contribution >= 0.6 is 0 Å². The molecule has 2 aliphatic rings. The second-order valence-electron chi connectivity index (χ2n) is 9.89. The minimum absolute atomic E-state index is 0.799. The van der Waals surface area contributed by atoms with Crippen LogP contribution in [0.1, 0.15) is 36.1 Å². The number of aryl methyl sites for hydroxylation is 1. The lowest BCUT2D eigenvalue weighted by molar-refractivity contribution is 0.577. The van der Waals surface area contributed by atoms with E-state index in [-0.39, 0.29) is 0 Å². The van der Waals surface area contributed by atoms with Crippen molar-refractivity contribution < 1.29 is 0 Å². The third kappa shape index (κ3) is 3.27. The molecule has 4 heteroatoms. The molecule has 5 aromatic rings. The smallest absolute Gasteiger partial charge is 0.102 e. The third-order valence-corrected chi connectivity index (χ3v) is 7.83. The zero-order chi connectivity index (χ0) is 24.1. The van der Waals surface area contributed by atoms with Gasteiger partial charge in [-0.3, -0.25) is 4.98 Å². The second kappa shape index (κ2) is 8.46. The number of anilines is 1. The molecule has 0 radical (unpaired) electrons. The Morgan fingerprint density at radius 1 is 0.778 bits per heavy atom. The number of piperidine rings is 1. The topological polar surface area (TPSA) is 52.8 Å². The number of pyridine rings is 2. The highest BCUT2D eigenvalue weighted by atomic mass is 15.1. The van der Waals surface area contributed by atoms with Gasteiger partial charge in [0.15, 0.2) is 0 Å². The molecule has 1 saturated heterocycles. The van der Waals surface area contributed by atoms with E-state index in [2.05, 4.69) is 76.6 Å². The Morgan fingerprint density at radius 2 is 1.61 bits per heavy atom. The minimum Gasteiger partial charge on any atom is -0.370 e. The van der Waals surface area contributed by atoms with Crippen LogP contribution < -0.4 is 4.90 Å². The van der Waals surface area contributed by atoms with Crippen LogP contribution in [0, 0.1) is 11.3 Å². The van der Waals surface area contributed by atoms with Crippen LogP contribution in [-0.2, 0) is 12.8 Å². The Morgan fingerprint density at radius 3 is 2.44 bits per heavy atom. The fraction of sp³-hybridized carbons (Fsp3) is 0.219. The van der Waals surface area contributed by atoms with Crippen LogP contribution in [0.25, 0.3) is 44.1 Å². The zero-order valence-electron chi connectivity index (χ0n) is 20.2. The number of nitriles is 1. The van der Waals surface area contributed by atoms with Crippen LogP contribution in [0.5, 0.6) is 0 Å². The number of aromatic nitrogens is 2. The Bertz CT molecular complexity index is 1670. The molecule has 0 unspecified atom stereocenters. The first kappa shape index (κ1) is 21.1. The largest absolute Gasteiger partial charge is 0.370 e. The maximum absolute atomic E-state index is 10.5. The molecular formula is C32H26N4. The molecule has 4 nitrogen and oxygen atoms in total. The van der Waals surface area contributed by atoms with Gasteiger partial charge in [-0.15, -0.1) is 0 Å². The van der Waals surface area contributed by atoms with Crippen molar-refractivity contribution in [2.45, 2.75) is 32.1 Å². The van der Waals surface area contributed by atoms with Crippen molar-refractivity contribution in [1.82, 2.24) is 9.97 Å². The van der Waals surface area contributed by atoms with E-state index in [1.165, 1.54) is 36.0 Å². The van der Waals surface area contributed by atoms with Crippen molar-refractivity contribution >= 4 is 27.5 Å². The van der Waals surface area contributed by atoms with Crippen LogP contribution in [0.4, 0.5) is 5.69 Å². The first-order chi connectivity index (χ1) is 17.8. The Balaban J connectivity index is 1.54. The van der Waals surface area contributed by atoms with Crippen LogP contribution in [0.2, 0.25) is 0 Å². The molecule has 0 bridgehead atoms. The molecule has 3 aromatic carbocycles. The van der Waals surface area contributed by atoms with Crippen molar-refractivity contribution in [1.29, 1.82) is 5.26 Å². The molecule has 0 amide bonds. The van der Waals surface area contributed by atoms with Gasteiger partial charge in [0, 0.05) is 46.9 Å². The summed E-state index contributed by atoms with van der Waals surface area (Å²) in [4.78, 5) is 12.2. The number of fused-ring (bicyclic) bond motifs is 6. The first-order valence-electron chi connectivity index (χ1n) is 12.9. The standard InChI is InChI=1S/C32H26N4/c33-20-27-29(36-16-5-2-6-17-36)19-25(21-8-3-1-4-9-21)24-13-14-28-26(30(24)27)18-23-12-11-22-10-7-15-34-31(22)32(23)35-28/h1,3-4,7-12,15,18-19H,2,5-6,13-14,16-17H2. The van der Waals surface area contributed by atoms with Gasteiger partial charge in [0.2, 0.25) is 0 Å². The molecule has 1 aliphatic heterocycles. The van der Waals surface area contributed by atoms with Gasteiger partial charge >= 0.3 is 0 Å². The molecule has 0 atom stereocenters. The molecule has 1 fully saturated rings. The minimum atomic E-state index is 0.799. The summed E-state index contributed by atoms with van der Waals surface area (Å²) < 4.78 is 0. The Hall–Kier alpha value is -4.23. The molecule has 0 spiro atoms. The summed E-state index contributed by atoms with van der Waals surface area (Å²) >= 11 is 0. The van der Waals surface area contributed by atoms with Crippen molar-refractivity contribution in [2.75, 3.05) is 18.0 Å². The normalized spacial score (nSPS) is 14.9. The van der Waals surface area contributed by atoms with Gasteiger partial charge in [0.1, 0.15) is 6.07 Å². The molecule has 0 N–H and O–H groups in total. The summed E-state index contributed by atoms with van der Waals surface area (Å²) in [5, 5.41) is 12.7. The van der Waals surface area contributed by atoms with E-state index in [1.54, 1.807) is 0 Å². The van der Waals surface area contributed by atoms with Gasteiger partial charge < -0.3 is 4.90 Å². The molecule has 1 aliphatic carbocycles. The lowest BCUT2D eigenvalue weighted by Gasteiger charge is -2.33. The fourth-order valence-electron chi connectivity index (χ4n) is 6.10. The average Bonchev–Trinajstić information content (AvgIpc) is 2.96. The summed E-state index contributed by atoms with van der Waals surface area (Å²) in [6.45, 7) is 2.00. The van der Waals surface area contributed by atoms with Gasteiger partial charge in [-0.1, -0.05) is 48.5 Å². The maximum Gasteiger partial charge on any atom is 0.102 e. The molecule has 7 rings (SSSR count). The summed E-state index contributed by atoms with van der Waals surface area (Å²) in [6, 6.07) is 26.1. The van der Waals surface area contributed by atoms with Gasteiger partial charge in [-0.05, 0) is 67.0 Å². The van der Waals surface area contributed by atoms with E-state index in [9.17, 15) is 5.26 Å². The van der Waals surface area contributed by atoms with E-state index in [0.29, 0.717) is 0 Å². The number of rotatable bonds is 2. The van der Waals surface area contributed by atoms with Crippen LogP contribution in [-0.4, -0.2) is 23.1 Å². The SMILES string of the molecule is N#Cc1c(N2CCCCC2)cc(-c2ccccc2)c2c1-c1cc3ccc4cccnc4c3nc1CC2. The van der Waals surface area contributed by atoms with Crippen LogP contribution in [0.3, 0.4) is 0 Å². The highest BCUT2D eigenvalue weighted by molar-refractivity contribution is 6.05. The number of nitrogens with zero attached hydrogens (tertiary/aromatic N) is 4. The first-order valence-corrected chi connectivity index (χ1v) is 12.9. The fourth-order valence-corrected chi connectivity index (χ4v) is 6.10. The highest BCUT2D eigenvalue weighted by Gasteiger charge is 2.29. The number of hydrogen-bond acceptors (Lipinski definition) is 4. The summed E-state index contributed by atoms with van der Waals surface area (Å²) in [6.07, 6.45) is 7.17. The maximum atomic E-state index is 10.5. The summed E-state index contributed by atoms with van der Waals surface area (Å²) in [5.41, 5.74) is 10.7. The summed E-state index contributed by atoms with van der Waals surface area (Å²) in [7, 11) is 0. The monoisotopic (exact) mass is 466 g/mol. The van der Waals surface area contributed by atoms with Crippen LogP contribution in [0.15, 0.2) is 72.9 Å². The molecule has 2 aromatic heterocycles. The Kier molecular flexibility index (Phi) is 4.96. The van der Waals surface area contributed by atoms with E-state index in [0.717, 1.165) is 75.8 Å². The van der Waals surface area contributed by atoms with Crippen molar-refractivity contribution in [3.63, 3.8) is 0 Å². The Labute approximate surface area is 210 Å².